The van der Waals surface area contributed by atoms with Crippen molar-refractivity contribution in [1.29, 1.82) is 0 Å². The number of carbonyl (C=O) groups is 1. The first kappa shape index (κ1) is 12.7. The van der Waals surface area contributed by atoms with Crippen LogP contribution in [-0.2, 0) is 9.47 Å². The Morgan fingerprint density at radius 3 is 2.78 bits per heavy atom. The van der Waals surface area contributed by atoms with Gasteiger partial charge >= 0.3 is 6.03 Å². The van der Waals surface area contributed by atoms with E-state index in [9.17, 15) is 4.79 Å². The second-order valence-corrected chi connectivity index (χ2v) is 4.02. The predicted molar refractivity (Wildman–Crippen MR) is 68.4 cm³/mol. The number of hydrogen-bond donors (Lipinski definition) is 3. The summed E-state index contributed by atoms with van der Waals surface area (Å²) in [5.41, 5.74) is 6.91. The van der Waals surface area contributed by atoms with E-state index in [4.69, 9.17) is 15.2 Å². The van der Waals surface area contributed by atoms with Crippen molar-refractivity contribution in [3.8, 4) is 0 Å². The first-order chi connectivity index (χ1) is 8.74. The molecule has 0 aliphatic carbocycles. The maximum atomic E-state index is 11.6. The lowest BCUT2D eigenvalue weighted by atomic mass is 10.3. The molecule has 0 aromatic heterocycles. The van der Waals surface area contributed by atoms with Gasteiger partial charge in [0.05, 0.1) is 25.9 Å². The second-order valence-electron chi connectivity index (χ2n) is 4.02. The van der Waals surface area contributed by atoms with Crippen LogP contribution in [0, 0.1) is 0 Å². The van der Waals surface area contributed by atoms with Gasteiger partial charge in [0.15, 0.2) is 0 Å². The largest absolute Gasteiger partial charge is 0.399 e. The zero-order valence-electron chi connectivity index (χ0n) is 10.0. The van der Waals surface area contributed by atoms with Crippen LogP contribution in [0.3, 0.4) is 0 Å². The molecule has 0 spiro atoms. The number of nitrogens with two attached hydrogens (primary N) is 1. The molecule has 1 unspecified atom stereocenters. The standard InChI is InChI=1S/C12H17N3O3/c13-9-1-3-10(4-2-9)15-12(16)14-7-11-8-17-5-6-18-11/h1-4,11H,5-8,13H2,(H2,14,15,16). The van der Waals surface area contributed by atoms with Crippen LogP contribution in [0.2, 0.25) is 0 Å². The first-order valence-corrected chi connectivity index (χ1v) is 5.84. The van der Waals surface area contributed by atoms with Crippen molar-refractivity contribution in [3.05, 3.63) is 24.3 Å². The average Bonchev–Trinajstić information content (AvgIpc) is 2.40. The van der Waals surface area contributed by atoms with Crippen molar-refractivity contribution in [2.24, 2.45) is 0 Å². The van der Waals surface area contributed by atoms with E-state index in [1.807, 2.05) is 0 Å². The van der Waals surface area contributed by atoms with Gasteiger partial charge in [0.25, 0.3) is 0 Å². The molecule has 2 rings (SSSR count). The summed E-state index contributed by atoms with van der Waals surface area (Å²) in [6.45, 7) is 2.14. The normalized spacial score (nSPS) is 19.2. The Hall–Kier alpha value is -1.79. The van der Waals surface area contributed by atoms with Crippen LogP contribution in [-0.4, -0.2) is 38.5 Å². The van der Waals surface area contributed by atoms with Gasteiger partial charge in [-0.1, -0.05) is 0 Å². The highest BCUT2D eigenvalue weighted by Crippen LogP contribution is 2.10. The number of benzene rings is 1. The molecule has 1 aliphatic heterocycles. The molecule has 4 N–H and O–H groups in total. The number of carbonyl (C=O) groups excluding carboxylic acids is 1. The summed E-state index contributed by atoms with van der Waals surface area (Å²) in [5, 5.41) is 5.44. The summed E-state index contributed by atoms with van der Waals surface area (Å²) < 4.78 is 10.6. The molecule has 1 aromatic carbocycles. The number of ether oxygens (including phenoxy) is 2. The maximum Gasteiger partial charge on any atom is 0.319 e. The summed E-state index contributed by atoms with van der Waals surface area (Å²) in [4.78, 5) is 11.6. The van der Waals surface area contributed by atoms with Crippen molar-refractivity contribution >= 4 is 17.4 Å². The van der Waals surface area contributed by atoms with Gasteiger partial charge in [-0.3, -0.25) is 0 Å². The van der Waals surface area contributed by atoms with Crippen LogP contribution in [0.25, 0.3) is 0 Å². The molecule has 1 heterocycles. The number of amides is 2. The summed E-state index contributed by atoms with van der Waals surface area (Å²) >= 11 is 0. The lowest BCUT2D eigenvalue weighted by molar-refractivity contribution is -0.0852. The zero-order chi connectivity index (χ0) is 12.8. The van der Waals surface area contributed by atoms with Crippen molar-refractivity contribution in [2.75, 3.05) is 37.4 Å². The Labute approximate surface area is 105 Å². The molecule has 0 bridgehead atoms. The van der Waals surface area contributed by atoms with E-state index >= 15 is 0 Å². The molecule has 6 nitrogen and oxygen atoms in total. The minimum atomic E-state index is -0.269. The minimum Gasteiger partial charge on any atom is -0.399 e. The highest BCUT2D eigenvalue weighted by Gasteiger charge is 2.14. The van der Waals surface area contributed by atoms with Gasteiger partial charge in [-0.05, 0) is 24.3 Å². The third kappa shape index (κ3) is 3.90. The Morgan fingerprint density at radius 1 is 1.33 bits per heavy atom. The minimum absolute atomic E-state index is 0.0732. The molecule has 1 saturated heterocycles. The average molecular weight is 251 g/mol. The van der Waals surface area contributed by atoms with Gasteiger partial charge in [0, 0.05) is 17.9 Å². The van der Waals surface area contributed by atoms with Crippen LogP contribution in [0.15, 0.2) is 24.3 Å². The van der Waals surface area contributed by atoms with Crippen molar-refractivity contribution in [2.45, 2.75) is 6.10 Å². The highest BCUT2D eigenvalue weighted by atomic mass is 16.6. The SMILES string of the molecule is Nc1ccc(NC(=O)NCC2COCCO2)cc1. The molecule has 1 aliphatic rings. The van der Waals surface area contributed by atoms with Crippen molar-refractivity contribution in [3.63, 3.8) is 0 Å². The van der Waals surface area contributed by atoms with Crippen LogP contribution in [0.4, 0.5) is 16.2 Å². The van der Waals surface area contributed by atoms with Crippen LogP contribution >= 0.6 is 0 Å². The molecule has 6 heteroatoms. The van der Waals surface area contributed by atoms with Crippen molar-refractivity contribution in [1.82, 2.24) is 5.32 Å². The summed E-state index contributed by atoms with van der Waals surface area (Å²) in [5.74, 6) is 0. The molecule has 0 radical (unpaired) electrons. The molecule has 18 heavy (non-hydrogen) atoms. The lowest BCUT2D eigenvalue weighted by Crippen LogP contribution is -2.41. The van der Waals surface area contributed by atoms with E-state index in [2.05, 4.69) is 10.6 Å². The van der Waals surface area contributed by atoms with Gasteiger partial charge in [-0.15, -0.1) is 0 Å². The predicted octanol–water partition coefficient (Wildman–Crippen LogP) is 0.806. The zero-order valence-corrected chi connectivity index (χ0v) is 10.0. The van der Waals surface area contributed by atoms with Crippen LogP contribution < -0.4 is 16.4 Å². The first-order valence-electron chi connectivity index (χ1n) is 5.84. The fourth-order valence-corrected chi connectivity index (χ4v) is 1.60. The molecule has 2 amide bonds. The summed E-state index contributed by atoms with van der Waals surface area (Å²) in [7, 11) is 0. The lowest BCUT2D eigenvalue weighted by Gasteiger charge is -2.23. The van der Waals surface area contributed by atoms with E-state index < -0.39 is 0 Å². The third-order valence-corrected chi connectivity index (χ3v) is 2.54. The van der Waals surface area contributed by atoms with Gasteiger partial charge in [-0.2, -0.15) is 0 Å². The second kappa shape index (κ2) is 6.23. The Kier molecular flexibility index (Phi) is 4.38. The van der Waals surface area contributed by atoms with E-state index in [1.165, 1.54) is 0 Å². The smallest absolute Gasteiger partial charge is 0.319 e. The Bertz CT molecular complexity index is 388. The number of anilines is 2. The summed E-state index contributed by atoms with van der Waals surface area (Å²) in [6, 6.07) is 6.68. The van der Waals surface area contributed by atoms with Gasteiger partial charge in [-0.25, -0.2) is 4.79 Å². The number of nitrogens with one attached hydrogen (secondary N) is 2. The molecule has 0 saturated carbocycles. The fourth-order valence-electron chi connectivity index (χ4n) is 1.60. The van der Waals surface area contributed by atoms with Gasteiger partial charge in [0.2, 0.25) is 0 Å². The Balaban J connectivity index is 1.73. The topological polar surface area (TPSA) is 85.6 Å². The monoisotopic (exact) mass is 251 g/mol. The number of hydrogen-bond acceptors (Lipinski definition) is 4. The van der Waals surface area contributed by atoms with E-state index in [-0.39, 0.29) is 12.1 Å². The van der Waals surface area contributed by atoms with Gasteiger partial charge < -0.3 is 25.8 Å². The van der Waals surface area contributed by atoms with Crippen LogP contribution in [0.1, 0.15) is 0 Å². The highest BCUT2D eigenvalue weighted by molar-refractivity contribution is 5.89. The maximum absolute atomic E-state index is 11.6. The molecule has 98 valence electrons. The number of urea groups is 1. The quantitative estimate of drug-likeness (QED) is 0.694. The van der Waals surface area contributed by atoms with E-state index in [1.54, 1.807) is 24.3 Å². The van der Waals surface area contributed by atoms with E-state index in [0.717, 1.165) is 0 Å². The van der Waals surface area contributed by atoms with E-state index in [0.29, 0.717) is 37.7 Å². The molecular weight excluding hydrogens is 234 g/mol. The fraction of sp³-hybridized carbons (Fsp3) is 0.417. The van der Waals surface area contributed by atoms with Crippen LogP contribution in [0.5, 0.6) is 0 Å². The van der Waals surface area contributed by atoms with Crippen molar-refractivity contribution < 1.29 is 14.3 Å². The molecule has 1 aromatic rings. The molecule has 1 fully saturated rings. The number of nitrogen functional groups attached to an aromatic ring is 1. The van der Waals surface area contributed by atoms with Gasteiger partial charge in [0.1, 0.15) is 0 Å². The third-order valence-electron chi connectivity index (χ3n) is 2.54. The Morgan fingerprint density at radius 2 is 2.11 bits per heavy atom. The summed E-state index contributed by atoms with van der Waals surface area (Å²) in [6.07, 6.45) is -0.0732. The number of rotatable bonds is 3. The molecular formula is C12H17N3O3. The molecule has 1 atom stereocenters.